The van der Waals surface area contributed by atoms with Gasteiger partial charge in [-0.05, 0) is 19.4 Å². The van der Waals surface area contributed by atoms with Crippen molar-refractivity contribution in [3.8, 4) is 0 Å². The molecule has 0 fully saturated rings. The molecule has 0 bridgehead atoms. The van der Waals surface area contributed by atoms with Gasteiger partial charge in [0.05, 0.1) is 13.2 Å². The molecule has 0 amide bonds. The van der Waals surface area contributed by atoms with Gasteiger partial charge in [0.2, 0.25) is 0 Å². The van der Waals surface area contributed by atoms with Gasteiger partial charge in [-0.3, -0.25) is 4.79 Å². The quantitative estimate of drug-likeness (QED) is 0.163. The maximum Gasteiger partial charge on any atom is 0.323 e. The first-order valence-corrected chi connectivity index (χ1v) is 7.19. The molecule has 9 heteroatoms. The summed E-state index contributed by atoms with van der Waals surface area (Å²) in [5.41, 5.74) is 11.0. The summed E-state index contributed by atoms with van der Waals surface area (Å²) in [7, 11) is 1.32. The summed E-state index contributed by atoms with van der Waals surface area (Å²) < 4.78 is 9.86. The van der Waals surface area contributed by atoms with Crippen LogP contribution in [0.1, 0.15) is 19.3 Å². The maximum absolute atomic E-state index is 11.9. The Hall–Kier alpha value is -0.810. The van der Waals surface area contributed by atoms with Crippen molar-refractivity contribution in [2.24, 2.45) is 11.5 Å². The van der Waals surface area contributed by atoms with Gasteiger partial charge in [0, 0.05) is 7.11 Å². The highest BCUT2D eigenvalue weighted by molar-refractivity contribution is 5.75. The van der Waals surface area contributed by atoms with Crippen LogP contribution in [0.15, 0.2) is 0 Å². The summed E-state index contributed by atoms with van der Waals surface area (Å²) >= 11 is 0. The molecule has 0 saturated carbocycles. The fourth-order valence-corrected chi connectivity index (χ4v) is 1.79. The number of hydrogen-bond donors (Lipinski definition) is 6. The fourth-order valence-electron chi connectivity index (χ4n) is 1.79. The molecular formula is C13H28N2O7. The first kappa shape index (κ1) is 21.2. The van der Waals surface area contributed by atoms with E-state index in [2.05, 4.69) is 0 Å². The Morgan fingerprint density at radius 2 is 1.82 bits per heavy atom. The van der Waals surface area contributed by atoms with E-state index in [1.807, 2.05) is 0 Å². The van der Waals surface area contributed by atoms with E-state index in [1.165, 1.54) is 7.11 Å². The number of methoxy groups -OCH3 is 1. The third-order valence-corrected chi connectivity index (χ3v) is 3.18. The predicted molar refractivity (Wildman–Crippen MR) is 77.7 cm³/mol. The molecule has 0 rings (SSSR count). The van der Waals surface area contributed by atoms with Crippen molar-refractivity contribution in [1.82, 2.24) is 0 Å². The van der Waals surface area contributed by atoms with Gasteiger partial charge >= 0.3 is 5.97 Å². The second kappa shape index (κ2) is 11.7. The van der Waals surface area contributed by atoms with Gasteiger partial charge in [-0.25, -0.2) is 0 Å². The Morgan fingerprint density at radius 3 is 2.32 bits per heavy atom. The average Bonchev–Trinajstić information content (AvgIpc) is 2.52. The maximum atomic E-state index is 11.9. The fraction of sp³-hybridized carbons (Fsp3) is 0.923. The standard InChI is InChI=1S/C13H28N2O7/c1-21-7-10(12(19)11(18)9(17)6-16)22-13(20)8(15)4-2-3-5-14/h8-12,16-19H,2-7,14-15H2,1H3/t8-,9+,10-,11+,12+/m0/s1. The van der Waals surface area contributed by atoms with Crippen molar-refractivity contribution in [1.29, 1.82) is 0 Å². The largest absolute Gasteiger partial charge is 0.456 e. The molecule has 9 nitrogen and oxygen atoms in total. The topological polar surface area (TPSA) is 168 Å². The van der Waals surface area contributed by atoms with E-state index in [4.69, 9.17) is 26.0 Å². The first-order valence-electron chi connectivity index (χ1n) is 7.19. The Kier molecular flexibility index (Phi) is 11.3. The van der Waals surface area contributed by atoms with E-state index >= 15 is 0 Å². The predicted octanol–water partition coefficient (Wildman–Crippen LogP) is -2.92. The summed E-state index contributed by atoms with van der Waals surface area (Å²) in [6, 6.07) is -0.877. The van der Waals surface area contributed by atoms with E-state index < -0.39 is 43.0 Å². The van der Waals surface area contributed by atoms with E-state index in [-0.39, 0.29) is 6.61 Å². The van der Waals surface area contributed by atoms with Gasteiger partial charge in [-0.2, -0.15) is 0 Å². The molecule has 0 aliphatic rings. The Morgan fingerprint density at radius 1 is 1.18 bits per heavy atom. The second-order valence-corrected chi connectivity index (χ2v) is 5.05. The lowest BCUT2D eigenvalue weighted by Crippen LogP contribution is -2.50. The summed E-state index contributed by atoms with van der Waals surface area (Å²) in [6.45, 7) is -0.444. The number of esters is 1. The normalized spacial score (nSPS) is 18.3. The molecule has 0 saturated heterocycles. The number of aliphatic hydroxyl groups is 4. The number of unbranched alkanes of at least 4 members (excludes halogenated alkanes) is 1. The number of nitrogens with two attached hydrogens (primary N) is 2. The lowest BCUT2D eigenvalue weighted by atomic mass is 10.0. The minimum absolute atomic E-state index is 0.197. The third-order valence-electron chi connectivity index (χ3n) is 3.18. The Labute approximate surface area is 129 Å². The summed E-state index contributed by atoms with van der Waals surface area (Å²) in [5, 5.41) is 37.7. The molecule has 0 unspecified atom stereocenters. The molecule has 0 heterocycles. The zero-order chi connectivity index (χ0) is 17.1. The van der Waals surface area contributed by atoms with Crippen molar-refractivity contribution < 1.29 is 34.7 Å². The summed E-state index contributed by atoms with van der Waals surface area (Å²) in [6.07, 6.45) is -4.31. The number of carbonyl (C=O) groups is 1. The molecule has 22 heavy (non-hydrogen) atoms. The van der Waals surface area contributed by atoms with Gasteiger partial charge in [0.1, 0.15) is 24.4 Å². The number of ether oxygens (including phenoxy) is 2. The van der Waals surface area contributed by atoms with Crippen LogP contribution in [0.4, 0.5) is 0 Å². The van der Waals surface area contributed by atoms with Crippen LogP contribution in [0.2, 0.25) is 0 Å². The van der Waals surface area contributed by atoms with Gasteiger partial charge in [-0.1, -0.05) is 6.42 Å². The third kappa shape index (κ3) is 7.45. The van der Waals surface area contributed by atoms with Crippen LogP contribution in [0.25, 0.3) is 0 Å². The van der Waals surface area contributed by atoms with Gasteiger partial charge in [0.25, 0.3) is 0 Å². The Bertz CT molecular complexity index is 306. The molecule has 0 radical (unpaired) electrons. The highest BCUT2D eigenvalue weighted by atomic mass is 16.6. The van der Waals surface area contributed by atoms with Gasteiger partial charge < -0.3 is 41.4 Å². The average molecular weight is 324 g/mol. The van der Waals surface area contributed by atoms with Crippen LogP contribution < -0.4 is 11.5 Å². The van der Waals surface area contributed by atoms with E-state index in [1.54, 1.807) is 0 Å². The van der Waals surface area contributed by atoms with Crippen molar-refractivity contribution in [3.63, 3.8) is 0 Å². The van der Waals surface area contributed by atoms with Crippen LogP contribution in [0.3, 0.4) is 0 Å². The molecule has 0 spiro atoms. The SMILES string of the molecule is COC[C@H](OC(=O)[C@@H](N)CCCCN)[C@@H](O)[C@H](O)[C@H](O)CO. The van der Waals surface area contributed by atoms with Crippen molar-refractivity contribution in [2.45, 2.75) is 49.7 Å². The van der Waals surface area contributed by atoms with Crippen molar-refractivity contribution in [3.05, 3.63) is 0 Å². The lowest BCUT2D eigenvalue weighted by Gasteiger charge is -2.29. The van der Waals surface area contributed by atoms with Crippen molar-refractivity contribution in [2.75, 3.05) is 26.9 Å². The number of hydrogen-bond acceptors (Lipinski definition) is 9. The van der Waals surface area contributed by atoms with Gasteiger partial charge in [0.15, 0.2) is 6.10 Å². The molecule has 5 atom stereocenters. The van der Waals surface area contributed by atoms with Gasteiger partial charge in [-0.15, -0.1) is 0 Å². The number of rotatable bonds is 12. The van der Waals surface area contributed by atoms with Crippen LogP contribution in [-0.2, 0) is 14.3 Å². The summed E-state index contributed by atoms with van der Waals surface area (Å²) in [5.74, 6) is -0.746. The van der Waals surface area contributed by atoms with Crippen molar-refractivity contribution >= 4 is 5.97 Å². The highest BCUT2D eigenvalue weighted by Gasteiger charge is 2.34. The van der Waals surface area contributed by atoms with Crippen LogP contribution in [-0.4, -0.2) is 83.7 Å². The lowest BCUT2D eigenvalue weighted by molar-refractivity contribution is -0.173. The first-order chi connectivity index (χ1) is 10.4. The minimum Gasteiger partial charge on any atom is -0.456 e. The minimum atomic E-state index is -1.69. The molecule has 0 aliphatic heterocycles. The molecule has 132 valence electrons. The van der Waals surface area contributed by atoms with E-state index in [0.29, 0.717) is 19.4 Å². The monoisotopic (exact) mass is 324 g/mol. The molecular weight excluding hydrogens is 296 g/mol. The number of carbonyl (C=O) groups excluding carboxylic acids is 1. The molecule has 8 N–H and O–H groups in total. The van der Waals surface area contributed by atoms with E-state index in [0.717, 1.165) is 6.42 Å². The van der Waals surface area contributed by atoms with Crippen LogP contribution in [0, 0.1) is 0 Å². The highest BCUT2D eigenvalue weighted by Crippen LogP contribution is 2.11. The molecule has 0 aromatic rings. The summed E-state index contributed by atoms with van der Waals surface area (Å²) in [4.78, 5) is 11.9. The zero-order valence-electron chi connectivity index (χ0n) is 12.8. The van der Waals surface area contributed by atoms with Crippen LogP contribution in [0.5, 0.6) is 0 Å². The second-order valence-electron chi connectivity index (χ2n) is 5.05. The number of aliphatic hydroxyl groups excluding tert-OH is 4. The van der Waals surface area contributed by atoms with E-state index in [9.17, 15) is 20.1 Å². The smallest absolute Gasteiger partial charge is 0.323 e. The molecule has 0 aliphatic carbocycles. The zero-order valence-corrected chi connectivity index (χ0v) is 12.8. The van der Waals surface area contributed by atoms with Crippen LogP contribution >= 0.6 is 0 Å². The Balaban J connectivity index is 4.58. The molecule has 0 aromatic carbocycles. The molecule has 0 aromatic heterocycles.